The number of aliphatic hydroxyl groups is 5. The average molecular weight is 362 g/mol. The summed E-state index contributed by atoms with van der Waals surface area (Å²) in [5.41, 5.74) is 0. The molecule has 0 aromatic rings. The molecule has 0 bridgehead atoms. The van der Waals surface area contributed by atoms with E-state index in [1.807, 2.05) is 0 Å². The van der Waals surface area contributed by atoms with Gasteiger partial charge >= 0.3 is 5.97 Å². The zero-order valence-electron chi connectivity index (χ0n) is 13.8. The molecule has 2 heterocycles. The molecule has 0 spiro atoms. The number of rotatable bonds is 7. The van der Waals surface area contributed by atoms with Crippen LogP contribution >= 0.6 is 0 Å². The number of cyclic esters (lactones) is 1. The summed E-state index contributed by atoms with van der Waals surface area (Å²) in [6.45, 7) is 3.08. The van der Waals surface area contributed by atoms with Crippen LogP contribution in [0.25, 0.3) is 0 Å². The molecule has 25 heavy (non-hydrogen) atoms. The highest BCUT2D eigenvalue weighted by Crippen LogP contribution is 2.32. The van der Waals surface area contributed by atoms with Crippen LogP contribution in [-0.2, 0) is 19.0 Å². The second kappa shape index (κ2) is 9.04. The molecular formula is C16H26O9. The number of carbonyl (C=O) groups excluding carboxylic acids is 1. The van der Waals surface area contributed by atoms with E-state index in [9.17, 15) is 30.3 Å². The lowest BCUT2D eigenvalue weighted by Gasteiger charge is -2.40. The summed E-state index contributed by atoms with van der Waals surface area (Å²) in [5, 5.41) is 48.1. The zero-order valence-corrected chi connectivity index (χ0v) is 13.8. The van der Waals surface area contributed by atoms with Crippen molar-refractivity contribution in [3.05, 3.63) is 12.7 Å². The normalized spacial score (nSPS) is 40.4. The first-order valence-corrected chi connectivity index (χ1v) is 8.26. The molecule has 0 aliphatic carbocycles. The Hall–Kier alpha value is -1.07. The molecule has 0 aromatic carbocycles. The minimum absolute atomic E-state index is 0.0145. The van der Waals surface area contributed by atoms with E-state index in [2.05, 4.69) is 6.58 Å². The Morgan fingerprint density at radius 2 is 1.92 bits per heavy atom. The maximum atomic E-state index is 11.8. The van der Waals surface area contributed by atoms with Crippen LogP contribution in [0.1, 0.15) is 6.42 Å². The largest absolute Gasteiger partial charge is 0.465 e. The summed E-state index contributed by atoms with van der Waals surface area (Å²) >= 11 is 0. The highest BCUT2D eigenvalue weighted by atomic mass is 16.7. The second-order valence-corrected chi connectivity index (χ2v) is 6.34. The third-order valence-corrected chi connectivity index (χ3v) is 4.87. The summed E-state index contributed by atoms with van der Waals surface area (Å²) in [6.07, 6.45) is -4.65. The van der Waals surface area contributed by atoms with Gasteiger partial charge in [0.05, 0.1) is 32.3 Å². The highest BCUT2D eigenvalue weighted by molar-refractivity contribution is 5.73. The summed E-state index contributed by atoms with van der Waals surface area (Å²) in [7, 11) is 0. The molecule has 2 aliphatic heterocycles. The Labute approximate surface area is 145 Å². The molecule has 8 unspecified atom stereocenters. The van der Waals surface area contributed by atoms with Crippen molar-refractivity contribution >= 4 is 5.97 Å². The second-order valence-electron chi connectivity index (χ2n) is 6.34. The van der Waals surface area contributed by atoms with Crippen LogP contribution in [0, 0.1) is 17.8 Å². The molecule has 9 nitrogen and oxygen atoms in total. The van der Waals surface area contributed by atoms with Crippen LogP contribution in [-0.4, -0.2) is 88.6 Å². The standard InChI is InChI=1S/C16H26O9/c1-2-8(9-3-4-23-15(22)10(9)5-17)7-24-16-14(21)13(20)12(19)11(6-18)25-16/h2,8-14,16-21H,1,3-7H2. The van der Waals surface area contributed by atoms with E-state index in [4.69, 9.17) is 14.2 Å². The number of hydrogen-bond donors (Lipinski definition) is 5. The molecular weight excluding hydrogens is 336 g/mol. The van der Waals surface area contributed by atoms with Gasteiger partial charge in [-0.3, -0.25) is 4.79 Å². The van der Waals surface area contributed by atoms with Gasteiger partial charge in [0.2, 0.25) is 0 Å². The molecule has 144 valence electrons. The number of hydrogen-bond acceptors (Lipinski definition) is 9. The van der Waals surface area contributed by atoms with Gasteiger partial charge in [-0.15, -0.1) is 6.58 Å². The van der Waals surface area contributed by atoms with Gasteiger partial charge in [-0.2, -0.15) is 0 Å². The van der Waals surface area contributed by atoms with Crippen molar-refractivity contribution in [3.8, 4) is 0 Å². The van der Waals surface area contributed by atoms with Gasteiger partial charge in [0.15, 0.2) is 6.29 Å². The van der Waals surface area contributed by atoms with Gasteiger partial charge < -0.3 is 39.7 Å². The van der Waals surface area contributed by atoms with Crippen molar-refractivity contribution in [1.29, 1.82) is 0 Å². The predicted molar refractivity (Wildman–Crippen MR) is 83.0 cm³/mol. The molecule has 9 heteroatoms. The van der Waals surface area contributed by atoms with Crippen molar-refractivity contribution in [2.45, 2.75) is 37.1 Å². The minimum atomic E-state index is -1.52. The lowest BCUT2D eigenvalue weighted by atomic mass is 9.78. The fourth-order valence-electron chi connectivity index (χ4n) is 3.28. The molecule has 5 N–H and O–H groups in total. The van der Waals surface area contributed by atoms with E-state index in [1.54, 1.807) is 6.08 Å². The van der Waals surface area contributed by atoms with Gasteiger partial charge in [-0.25, -0.2) is 0 Å². The molecule has 8 atom stereocenters. The summed E-state index contributed by atoms with van der Waals surface area (Å²) < 4.78 is 15.7. The number of esters is 1. The van der Waals surface area contributed by atoms with Crippen molar-refractivity contribution in [1.82, 2.24) is 0 Å². The molecule has 2 fully saturated rings. The van der Waals surface area contributed by atoms with Crippen LogP contribution in [0.3, 0.4) is 0 Å². The monoisotopic (exact) mass is 362 g/mol. The predicted octanol–water partition coefficient (Wildman–Crippen LogP) is -2.22. The average Bonchev–Trinajstić information content (AvgIpc) is 2.62. The van der Waals surface area contributed by atoms with Gasteiger partial charge in [0.25, 0.3) is 0 Å². The lowest BCUT2D eigenvalue weighted by molar-refractivity contribution is -0.303. The third kappa shape index (κ3) is 4.37. The van der Waals surface area contributed by atoms with Gasteiger partial charge in [-0.1, -0.05) is 6.08 Å². The minimum Gasteiger partial charge on any atom is -0.465 e. The van der Waals surface area contributed by atoms with Crippen molar-refractivity contribution in [3.63, 3.8) is 0 Å². The topological polar surface area (TPSA) is 146 Å². The first kappa shape index (κ1) is 20.2. The quantitative estimate of drug-likeness (QED) is 0.251. The van der Waals surface area contributed by atoms with Crippen LogP contribution in [0.5, 0.6) is 0 Å². The third-order valence-electron chi connectivity index (χ3n) is 4.87. The Morgan fingerprint density at radius 1 is 1.20 bits per heavy atom. The van der Waals surface area contributed by atoms with E-state index < -0.39 is 49.2 Å². The van der Waals surface area contributed by atoms with Crippen LogP contribution in [0.4, 0.5) is 0 Å². The van der Waals surface area contributed by atoms with Crippen LogP contribution < -0.4 is 0 Å². The molecule has 2 saturated heterocycles. The van der Waals surface area contributed by atoms with E-state index in [1.165, 1.54) is 0 Å². The van der Waals surface area contributed by atoms with E-state index in [0.717, 1.165) is 0 Å². The highest BCUT2D eigenvalue weighted by Gasteiger charge is 2.45. The Bertz CT molecular complexity index is 455. The Kier molecular flexibility index (Phi) is 7.32. The fourth-order valence-corrected chi connectivity index (χ4v) is 3.28. The molecule has 0 aromatic heterocycles. The number of carbonyl (C=O) groups is 1. The van der Waals surface area contributed by atoms with Crippen LogP contribution in [0.15, 0.2) is 12.7 Å². The number of ether oxygens (including phenoxy) is 3. The molecule has 0 saturated carbocycles. The summed E-state index contributed by atoms with van der Waals surface area (Å²) in [4.78, 5) is 11.8. The Morgan fingerprint density at radius 3 is 2.52 bits per heavy atom. The van der Waals surface area contributed by atoms with Gasteiger partial charge in [0.1, 0.15) is 24.4 Å². The van der Waals surface area contributed by atoms with Crippen molar-refractivity contribution < 1.29 is 44.5 Å². The first-order valence-electron chi connectivity index (χ1n) is 8.26. The molecule has 2 aliphatic rings. The summed E-state index contributed by atoms with van der Waals surface area (Å²) in [6, 6.07) is 0. The molecule has 0 radical (unpaired) electrons. The van der Waals surface area contributed by atoms with Crippen molar-refractivity contribution in [2.24, 2.45) is 17.8 Å². The maximum Gasteiger partial charge on any atom is 0.311 e. The van der Waals surface area contributed by atoms with Gasteiger partial charge in [-0.05, 0) is 12.3 Å². The molecule has 0 amide bonds. The number of aliphatic hydroxyl groups excluding tert-OH is 5. The van der Waals surface area contributed by atoms with E-state index in [0.29, 0.717) is 6.42 Å². The van der Waals surface area contributed by atoms with E-state index in [-0.39, 0.29) is 31.7 Å². The fraction of sp³-hybridized carbons (Fsp3) is 0.812. The maximum absolute atomic E-state index is 11.8. The summed E-state index contributed by atoms with van der Waals surface area (Å²) in [5.74, 6) is -1.72. The van der Waals surface area contributed by atoms with Crippen molar-refractivity contribution in [2.75, 3.05) is 26.4 Å². The SMILES string of the molecule is C=CC(COC1OC(CO)C(O)C(O)C1O)C1CCOC(=O)C1CO. The lowest BCUT2D eigenvalue weighted by Crippen LogP contribution is -2.59. The first-order chi connectivity index (χ1) is 11.9. The molecule has 2 rings (SSSR count). The van der Waals surface area contributed by atoms with Crippen LogP contribution in [0.2, 0.25) is 0 Å². The smallest absolute Gasteiger partial charge is 0.311 e. The zero-order chi connectivity index (χ0) is 18.6. The Balaban J connectivity index is 1.99. The van der Waals surface area contributed by atoms with E-state index >= 15 is 0 Å². The van der Waals surface area contributed by atoms with Gasteiger partial charge in [0, 0.05) is 5.92 Å².